The number of ether oxygens (including phenoxy) is 1. The quantitative estimate of drug-likeness (QED) is 0.167. The lowest BCUT2D eigenvalue weighted by atomic mass is 10.2. The van der Waals surface area contributed by atoms with Gasteiger partial charge in [-0.2, -0.15) is 18.6 Å². The Morgan fingerprint density at radius 1 is 1.29 bits per heavy atom. The molecule has 2 aromatic rings. The third-order valence-electron chi connectivity index (χ3n) is 4.46. The van der Waals surface area contributed by atoms with E-state index in [1.54, 1.807) is 12.1 Å². The lowest BCUT2D eigenvalue weighted by Gasteiger charge is -2.31. The third kappa shape index (κ3) is 5.65. The minimum atomic E-state index is -4.14. The Balaban J connectivity index is 1.96. The normalized spacial score (nSPS) is 18.7. The van der Waals surface area contributed by atoms with Gasteiger partial charge in [0.1, 0.15) is 10.3 Å². The molecule has 0 spiro atoms. The largest absolute Gasteiger partial charge is 0.385 e. The van der Waals surface area contributed by atoms with Crippen molar-refractivity contribution in [1.29, 1.82) is 0 Å². The van der Waals surface area contributed by atoms with Gasteiger partial charge in [-0.1, -0.05) is 17.7 Å². The van der Waals surface area contributed by atoms with E-state index in [0.717, 1.165) is 28.9 Å². The minimum Gasteiger partial charge on any atom is -0.385 e. The number of sulfonamides is 1. The van der Waals surface area contributed by atoms with Crippen LogP contribution in [0.3, 0.4) is 0 Å². The molecule has 14 heteroatoms. The maximum absolute atomic E-state index is 13.1. The molecule has 1 aromatic heterocycles. The number of hydrogen-bond donors (Lipinski definition) is 1. The smallest absolute Gasteiger partial charge is 0.297 e. The molecule has 0 radical (unpaired) electrons. The molecule has 0 fully saturated rings. The van der Waals surface area contributed by atoms with Gasteiger partial charge in [0.2, 0.25) is 0 Å². The summed E-state index contributed by atoms with van der Waals surface area (Å²) in [4.78, 5) is 4.05. The van der Waals surface area contributed by atoms with Gasteiger partial charge >= 0.3 is 0 Å². The van der Waals surface area contributed by atoms with E-state index in [1.165, 1.54) is 29.6 Å². The van der Waals surface area contributed by atoms with Crippen molar-refractivity contribution in [2.75, 3.05) is 26.8 Å². The van der Waals surface area contributed by atoms with Gasteiger partial charge < -0.3 is 4.74 Å². The summed E-state index contributed by atoms with van der Waals surface area (Å²) in [5.74, 6) is 4.85. The summed E-state index contributed by atoms with van der Waals surface area (Å²) in [7, 11) is -6.46. The fourth-order valence-corrected chi connectivity index (χ4v) is 8.04. The molecular weight excluding hydrogens is 488 g/mol. The second kappa shape index (κ2) is 10.2. The Morgan fingerprint density at radius 3 is 2.65 bits per heavy atom. The van der Waals surface area contributed by atoms with Crippen molar-refractivity contribution in [1.82, 2.24) is 4.31 Å². The van der Waals surface area contributed by atoms with Gasteiger partial charge in [0, 0.05) is 32.4 Å². The number of aryl methyl sites for hydroxylation is 1. The van der Waals surface area contributed by atoms with Crippen LogP contribution in [0, 0.1) is 6.92 Å². The highest BCUT2D eigenvalue weighted by atomic mass is 32.3. The Morgan fingerprint density at radius 2 is 2.00 bits per heavy atom. The molecule has 0 saturated heterocycles. The molecule has 0 saturated carbocycles. The zero-order valence-corrected chi connectivity index (χ0v) is 20.0. The van der Waals surface area contributed by atoms with Crippen molar-refractivity contribution in [3.63, 3.8) is 0 Å². The van der Waals surface area contributed by atoms with Crippen LogP contribution >= 0.6 is 23.4 Å². The fourth-order valence-electron chi connectivity index (χ4n) is 2.98. The first-order valence-electron chi connectivity index (χ1n) is 9.02. The fraction of sp³-hybridized carbons (Fsp3) is 0.412. The number of methoxy groups -OCH3 is 1. The van der Waals surface area contributed by atoms with Gasteiger partial charge in [0.15, 0.2) is 0 Å². The molecule has 1 atom stereocenters. The number of rotatable bonds is 10. The molecule has 0 bridgehead atoms. The van der Waals surface area contributed by atoms with Crippen LogP contribution in [-0.4, -0.2) is 47.9 Å². The molecule has 172 valence electrons. The molecule has 1 aromatic carbocycles. The van der Waals surface area contributed by atoms with Crippen molar-refractivity contribution in [3.05, 3.63) is 41.5 Å². The molecule has 2 N–H and O–H groups in total. The first kappa shape index (κ1) is 24.6. The van der Waals surface area contributed by atoms with Crippen LogP contribution in [0.1, 0.15) is 23.7 Å². The third-order valence-corrected chi connectivity index (χ3v) is 10.0. The number of hydrogen-bond acceptors (Lipinski definition) is 11. The Hall–Kier alpha value is -1.07. The molecule has 0 amide bonds. The van der Waals surface area contributed by atoms with Crippen LogP contribution in [0.25, 0.3) is 0 Å². The first-order valence-corrected chi connectivity index (χ1v) is 13.4. The molecule has 1 unspecified atom stereocenters. The minimum absolute atomic E-state index is 0.0105. The van der Waals surface area contributed by atoms with Crippen molar-refractivity contribution in [3.8, 4) is 0 Å². The van der Waals surface area contributed by atoms with Gasteiger partial charge in [-0.3, -0.25) is 4.18 Å². The highest BCUT2D eigenvalue weighted by molar-refractivity contribution is 7.97. The summed E-state index contributed by atoms with van der Waals surface area (Å²) >= 11 is 1.64. The van der Waals surface area contributed by atoms with Gasteiger partial charge in [-0.15, -0.1) is 20.7 Å². The van der Waals surface area contributed by atoms with Crippen molar-refractivity contribution in [2.24, 2.45) is 5.90 Å². The number of nitrogens with zero attached hydrogens (tertiary/aromatic N) is 1. The average Bonchev–Trinajstić information content (AvgIpc) is 3.16. The molecular formula is C17H22N2O8S4. The predicted molar refractivity (Wildman–Crippen MR) is 114 cm³/mol. The second-order valence-electron chi connectivity index (χ2n) is 6.62. The Kier molecular flexibility index (Phi) is 8.12. The van der Waals surface area contributed by atoms with Crippen LogP contribution in [0.2, 0.25) is 0 Å². The summed E-state index contributed by atoms with van der Waals surface area (Å²) < 4.78 is 68.6. The second-order valence-corrected chi connectivity index (χ2v) is 12.4. The molecule has 0 aliphatic carbocycles. The Bertz CT molecular complexity index is 1100. The van der Waals surface area contributed by atoms with Crippen LogP contribution in [-0.2, 0) is 38.4 Å². The van der Waals surface area contributed by atoms with Crippen LogP contribution < -0.4 is 5.90 Å². The van der Waals surface area contributed by atoms with E-state index < -0.39 is 26.2 Å². The van der Waals surface area contributed by atoms with Crippen LogP contribution in [0.4, 0.5) is 0 Å². The molecule has 1 aliphatic rings. The van der Waals surface area contributed by atoms with E-state index in [0.29, 0.717) is 17.2 Å². The van der Waals surface area contributed by atoms with Crippen LogP contribution in [0.15, 0.2) is 43.6 Å². The number of fused-ring (bicyclic) bond motifs is 1. The van der Waals surface area contributed by atoms with E-state index in [-0.39, 0.29) is 27.8 Å². The zero-order valence-electron chi connectivity index (χ0n) is 16.7. The number of benzene rings is 1. The maximum atomic E-state index is 13.1. The standard InChI is InChI=1S/C17H22N2O8S4/c1-12-4-6-13(7-5-12)31(22,23)25-15-11-19(8-3-9-24-2)30(20,21)17-14(15)10-16(28-17)29-27-26-18/h4-7,10,15H,3,8-9,11,18H2,1-2H3. The predicted octanol–water partition coefficient (Wildman–Crippen LogP) is 2.37. The van der Waals surface area contributed by atoms with Crippen molar-refractivity contribution >= 4 is 43.5 Å². The Labute approximate surface area is 189 Å². The summed E-state index contributed by atoms with van der Waals surface area (Å²) in [6, 6.07) is 7.72. The number of thiophene rings is 1. The van der Waals surface area contributed by atoms with Crippen molar-refractivity contribution < 1.29 is 35.1 Å². The highest BCUT2D eigenvalue weighted by Crippen LogP contribution is 2.44. The van der Waals surface area contributed by atoms with Gasteiger partial charge in [0.05, 0.1) is 21.1 Å². The van der Waals surface area contributed by atoms with Gasteiger partial charge in [-0.25, -0.2) is 8.42 Å². The van der Waals surface area contributed by atoms with Gasteiger partial charge in [0.25, 0.3) is 20.1 Å². The maximum Gasteiger partial charge on any atom is 0.297 e. The van der Waals surface area contributed by atoms with E-state index in [4.69, 9.17) is 14.8 Å². The average molecular weight is 511 g/mol. The summed E-state index contributed by atoms with van der Waals surface area (Å²) in [5.41, 5.74) is 1.14. The van der Waals surface area contributed by atoms with Gasteiger partial charge in [-0.05, 0) is 31.5 Å². The first-order chi connectivity index (χ1) is 14.7. The lowest BCUT2D eigenvalue weighted by molar-refractivity contribution is -0.195. The van der Waals surface area contributed by atoms with E-state index in [9.17, 15) is 16.8 Å². The summed E-state index contributed by atoms with van der Waals surface area (Å²) in [6.07, 6.45) is -0.587. The van der Waals surface area contributed by atoms with E-state index in [2.05, 4.69) is 9.32 Å². The molecule has 31 heavy (non-hydrogen) atoms. The number of nitrogens with two attached hydrogens (primary N) is 1. The molecule has 3 rings (SSSR count). The SMILES string of the molecule is COCCCN1CC(OS(=O)(=O)c2ccc(C)cc2)c2cc(SOON)sc2S1(=O)=O. The summed E-state index contributed by atoms with van der Waals surface area (Å²) in [6.45, 7) is 2.20. The van der Waals surface area contributed by atoms with Crippen LogP contribution in [0.5, 0.6) is 0 Å². The molecule has 10 nitrogen and oxygen atoms in total. The monoisotopic (exact) mass is 510 g/mol. The van der Waals surface area contributed by atoms with E-state index >= 15 is 0 Å². The topological polar surface area (TPSA) is 134 Å². The molecule has 2 heterocycles. The highest BCUT2D eigenvalue weighted by Gasteiger charge is 2.41. The van der Waals surface area contributed by atoms with Crippen molar-refractivity contribution in [2.45, 2.75) is 32.8 Å². The molecule has 1 aliphatic heterocycles. The summed E-state index contributed by atoms with van der Waals surface area (Å²) in [5, 5.41) is 0. The zero-order chi connectivity index (χ0) is 22.6. The lowest BCUT2D eigenvalue weighted by Crippen LogP contribution is -2.41. The van der Waals surface area contributed by atoms with E-state index in [1.807, 2.05) is 6.92 Å².